The van der Waals surface area contributed by atoms with Crippen LogP contribution in [0.15, 0.2) is 53.4 Å². The SMILES string of the molecule is Cc1ccc2cc(CSc3cccc(O)c3)c(Cl)nc2c1. The molecular weight excluding hydrogens is 302 g/mol. The van der Waals surface area contributed by atoms with Crippen LogP contribution < -0.4 is 0 Å². The maximum Gasteiger partial charge on any atom is 0.133 e. The Hall–Kier alpha value is -1.71. The van der Waals surface area contributed by atoms with Crippen molar-refractivity contribution in [3.05, 3.63) is 64.8 Å². The second kappa shape index (κ2) is 5.96. The second-order valence-electron chi connectivity index (χ2n) is 4.92. The van der Waals surface area contributed by atoms with Crippen molar-refractivity contribution in [2.24, 2.45) is 0 Å². The minimum atomic E-state index is 0.276. The van der Waals surface area contributed by atoms with E-state index in [4.69, 9.17) is 11.6 Å². The quantitative estimate of drug-likeness (QED) is 0.533. The van der Waals surface area contributed by atoms with Gasteiger partial charge in [0, 0.05) is 21.6 Å². The van der Waals surface area contributed by atoms with Gasteiger partial charge in [0.15, 0.2) is 0 Å². The number of nitrogens with zero attached hydrogens (tertiary/aromatic N) is 1. The van der Waals surface area contributed by atoms with Crippen LogP contribution in [0, 0.1) is 6.92 Å². The molecule has 2 aromatic carbocycles. The van der Waals surface area contributed by atoms with E-state index in [2.05, 4.69) is 23.2 Å². The minimum Gasteiger partial charge on any atom is -0.508 e. The van der Waals surface area contributed by atoms with Gasteiger partial charge in [0.2, 0.25) is 0 Å². The zero-order valence-electron chi connectivity index (χ0n) is 11.5. The highest BCUT2D eigenvalue weighted by atomic mass is 35.5. The molecule has 0 saturated carbocycles. The Bertz CT molecular complexity index is 804. The van der Waals surface area contributed by atoms with Crippen molar-refractivity contribution in [2.45, 2.75) is 17.6 Å². The van der Waals surface area contributed by atoms with E-state index in [0.717, 1.165) is 27.1 Å². The van der Waals surface area contributed by atoms with E-state index in [-0.39, 0.29) is 5.75 Å². The van der Waals surface area contributed by atoms with E-state index in [0.29, 0.717) is 5.15 Å². The molecule has 0 amide bonds. The summed E-state index contributed by atoms with van der Waals surface area (Å²) < 4.78 is 0. The fourth-order valence-corrected chi connectivity index (χ4v) is 3.35. The summed E-state index contributed by atoms with van der Waals surface area (Å²) in [6.45, 7) is 2.04. The van der Waals surface area contributed by atoms with Gasteiger partial charge in [0.05, 0.1) is 5.52 Å². The van der Waals surface area contributed by atoms with Crippen LogP contribution in [0.4, 0.5) is 0 Å². The number of phenols is 1. The predicted molar refractivity (Wildman–Crippen MR) is 89.2 cm³/mol. The van der Waals surface area contributed by atoms with E-state index in [1.165, 1.54) is 5.56 Å². The lowest BCUT2D eigenvalue weighted by Crippen LogP contribution is -1.89. The first-order valence-corrected chi connectivity index (χ1v) is 7.96. The van der Waals surface area contributed by atoms with Gasteiger partial charge < -0.3 is 5.11 Å². The van der Waals surface area contributed by atoms with Crippen molar-refractivity contribution in [3.63, 3.8) is 0 Å². The second-order valence-corrected chi connectivity index (χ2v) is 6.33. The molecule has 0 fully saturated rings. The van der Waals surface area contributed by atoms with Crippen LogP contribution >= 0.6 is 23.4 Å². The summed E-state index contributed by atoms with van der Waals surface area (Å²) in [5.41, 5.74) is 3.10. The zero-order valence-corrected chi connectivity index (χ0v) is 13.1. The molecule has 0 unspecified atom stereocenters. The Morgan fingerprint density at radius 2 is 2.00 bits per heavy atom. The van der Waals surface area contributed by atoms with Crippen LogP contribution in [0.1, 0.15) is 11.1 Å². The van der Waals surface area contributed by atoms with Gasteiger partial charge in [-0.3, -0.25) is 0 Å². The largest absolute Gasteiger partial charge is 0.508 e. The molecule has 1 heterocycles. The summed E-state index contributed by atoms with van der Waals surface area (Å²) in [5.74, 6) is 0.997. The Balaban J connectivity index is 1.87. The molecule has 0 atom stereocenters. The van der Waals surface area contributed by atoms with Crippen molar-refractivity contribution in [3.8, 4) is 5.75 Å². The maximum absolute atomic E-state index is 9.48. The van der Waals surface area contributed by atoms with Crippen LogP contribution in [0.5, 0.6) is 5.75 Å². The Morgan fingerprint density at radius 3 is 2.81 bits per heavy atom. The molecule has 21 heavy (non-hydrogen) atoms. The van der Waals surface area contributed by atoms with Gasteiger partial charge in [-0.05, 0) is 42.8 Å². The fourth-order valence-electron chi connectivity index (χ4n) is 2.13. The summed E-state index contributed by atoms with van der Waals surface area (Å²) in [6.07, 6.45) is 0. The van der Waals surface area contributed by atoms with E-state index in [1.54, 1.807) is 23.9 Å². The number of aromatic hydroxyl groups is 1. The molecule has 1 N–H and O–H groups in total. The normalized spacial score (nSPS) is 11.0. The Morgan fingerprint density at radius 1 is 1.14 bits per heavy atom. The average molecular weight is 316 g/mol. The number of aromatic nitrogens is 1. The molecule has 3 rings (SSSR count). The molecule has 0 radical (unpaired) electrons. The van der Waals surface area contributed by atoms with Gasteiger partial charge in [-0.15, -0.1) is 11.8 Å². The highest BCUT2D eigenvalue weighted by Gasteiger charge is 2.06. The third kappa shape index (κ3) is 3.31. The number of aryl methyl sites for hydroxylation is 1. The molecule has 1 aromatic heterocycles. The molecule has 0 aliphatic carbocycles. The number of rotatable bonds is 3. The lowest BCUT2D eigenvalue weighted by molar-refractivity contribution is 0.474. The number of hydrogen-bond donors (Lipinski definition) is 1. The third-order valence-electron chi connectivity index (χ3n) is 3.21. The molecule has 0 aliphatic heterocycles. The Labute approximate surface area is 132 Å². The first-order valence-electron chi connectivity index (χ1n) is 6.59. The molecule has 4 heteroatoms. The molecule has 106 valence electrons. The third-order valence-corrected chi connectivity index (χ3v) is 4.58. The van der Waals surface area contributed by atoms with Gasteiger partial charge in [-0.25, -0.2) is 4.98 Å². The minimum absolute atomic E-state index is 0.276. The smallest absolute Gasteiger partial charge is 0.133 e. The molecule has 0 bridgehead atoms. The van der Waals surface area contributed by atoms with Crippen molar-refractivity contribution >= 4 is 34.3 Å². The predicted octanol–water partition coefficient (Wildman–Crippen LogP) is 5.19. The average Bonchev–Trinajstić information content (AvgIpc) is 2.45. The molecular formula is C17H14ClNOS. The number of hydrogen-bond acceptors (Lipinski definition) is 3. The summed E-state index contributed by atoms with van der Waals surface area (Å²) in [5, 5.41) is 11.1. The van der Waals surface area contributed by atoms with Crippen molar-refractivity contribution in [1.29, 1.82) is 0 Å². The summed E-state index contributed by atoms with van der Waals surface area (Å²) in [6, 6.07) is 15.5. The zero-order chi connectivity index (χ0) is 14.8. The van der Waals surface area contributed by atoms with Gasteiger partial charge >= 0.3 is 0 Å². The van der Waals surface area contributed by atoms with Gasteiger partial charge in [0.25, 0.3) is 0 Å². The first-order chi connectivity index (χ1) is 10.1. The molecule has 0 saturated heterocycles. The van der Waals surface area contributed by atoms with E-state index < -0.39 is 0 Å². The number of benzene rings is 2. The topological polar surface area (TPSA) is 33.1 Å². The first kappa shape index (κ1) is 14.2. The van der Waals surface area contributed by atoms with Crippen LogP contribution in [-0.2, 0) is 5.75 Å². The molecule has 0 spiro atoms. The summed E-state index contributed by atoms with van der Waals surface area (Å²) in [7, 11) is 0. The monoisotopic (exact) mass is 315 g/mol. The van der Waals surface area contributed by atoms with Gasteiger partial charge in [0.1, 0.15) is 10.9 Å². The molecule has 3 aromatic rings. The van der Waals surface area contributed by atoms with Crippen molar-refractivity contribution in [2.75, 3.05) is 0 Å². The van der Waals surface area contributed by atoms with Crippen LogP contribution in [0.2, 0.25) is 5.15 Å². The van der Waals surface area contributed by atoms with Crippen molar-refractivity contribution < 1.29 is 5.11 Å². The molecule has 2 nitrogen and oxygen atoms in total. The number of thioether (sulfide) groups is 1. The highest BCUT2D eigenvalue weighted by Crippen LogP contribution is 2.29. The number of pyridine rings is 1. The number of halogens is 1. The number of fused-ring (bicyclic) bond motifs is 1. The van der Waals surface area contributed by atoms with Crippen LogP contribution in [-0.4, -0.2) is 10.1 Å². The van der Waals surface area contributed by atoms with Crippen LogP contribution in [0.25, 0.3) is 10.9 Å². The van der Waals surface area contributed by atoms with Gasteiger partial charge in [-0.2, -0.15) is 0 Å². The van der Waals surface area contributed by atoms with Gasteiger partial charge in [-0.1, -0.05) is 29.8 Å². The summed E-state index contributed by atoms with van der Waals surface area (Å²) >= 11 is 7.91. The highest BCUT2D eigenvalue weighted by molar-refractivity contribution is 7.98. The lowest BCUT2D eigenvalue weighted by atomic mass is 10.1. The Kier molecular flexibility index (Phi) is 4.04. The van der Waals surface area contributed by atoms with Crippen molar-refractivity contribution in [1.82, 2.24) is 4.98 Å². The van der Waals surface area contributed by atoms with E-state index >= 15 is 0 Å². The van der Waals surface area contributed by atoms with Crippen LogP contribution in [0.3, 0.4) is 0 Å². The lowest BCUT2D eigenvalue weighted by Gasteiger charge is -2.07. The van der Waals surface area contributed by atoms with E-state index in [1.807, 2.05) is 25.1 Å². The molecule has 0 aliphatic rings. The number of phenolic OH excluding ortho intramolecular Hbond substituents is 1. The fraction of sp³-hybridized carbons (Fsp3) is 0.118. The summed E-state index contributed by atoms with van der Waals surface area (Å²) in [4.78, 5) is 5.48. The maximum atomic E-state index is 9.48. The van der Waals surface area contributed by atoms with E-state index in [9.17, 15) is 5.11 Å². The standard InChI is InChI=1S/C17H14ClNOS/c1-11-5-6-12-8-13(17(18)19-16(12)7-11)10-21-15-4-2-3-14(20)9-15/h2-9,20H,10H2,1H3.